The molecule has 3 heterocycles. The molecule has 0 saturated heterocycles. The maximum atomic E-state index is 12.5. The number of aromatic amines is 1. The number of esters is 1. The fourth-order valence-corrected chi connectivity index (χ4v) is 2.70. The zero-order valence-electron chi connectivity index (χ0n) is 13.9. The number of ether oxygens (including phenoxy) is 1. The Balaban J connectivity index is 1.62. The molecule has 4 rings (SSSR count). The van der Waals surface area contributed by atoms with E-state index in [4.69, 9.17) is 4.74 Å². The third-order valence-electron chi connectivity index (χ3n) is 3.96. The number of amides is 1. The molecule has 0 bridgehead atoms. The molecule has 1 aromatic carbocycles. The van der Waals surface area contributed by atoms with Crippen molar-refractivity contribution in [2.24, 2.45) is 0 Å². The second kappa shape index (κ2) is 6.32. The predicted octanol–water partition coefficient (Wildman–Crippen LogP) is 2.64. The van der Waals surface area contributed by atoms with Crippen LogP contribution < -0.4 is 5.32 Å². The van der Waals surface area contributed by atoms with Gasteiger partial charge in [-0.15, -0.1) is 0 Å². The largest absolute Gasteiger partial charge is 0.462 e. The molecule has 0 radical (unpaired) electrons. The Kier molecular flexibility index (Phi) is 3.85. The maximum Gasteiger partial charge on any atom is 0.341 e. The van der Waals surface area contributed by atoms with Gasteiger partial charge in [-0.1, -0.05) is 0 Å². The van der Waals surface area contributed by atoms with E-state index in [0.29, 0.717) is 22.3 Å². The molecule has 8 nitrogen and oxygen atoms in total. The normalized spacial score (nSPS) is 11.0. The Morgan fingerprint density at radius 3 is 3.00 bits per heavy atom. The first-order valence-electron chi connectivity index (χ1n) is 8.04. The summed E-state index contributed by atoms with van der Waals surface area (Å²) >= 11 is 0. The number of fused-ring (bicyclic) bond motifs is 2. The Morgan fingerprint density at radius 1 is 1.27 bits per heavy atom. The number of carbonyl (C=O) groups is 2. The molecule has 2 N–H and O–H groups in total. The standard InChI is InChI=1S/C18H15N5O3/c1-2-26-18(25)13-9-21-23-6-5-12(8-16(13)23)22-17(24)11-3-4-14-15(7-11)20-10-19-14/h3-10H,2H2,1H3,(H,19,20)(H,22,24). The molecule has 0 spiro atoms. The average Bonchev–Trinajstić information content (AvgIpc) is 3.27. The zero-order valence-corrected chi connectivity index (χ0v) is 13.9. The minimum Gasteiger partial charge on any atom is -0.462 e. The van der Waals surface area contributed by atoms with E-state index in [9.17, 15) is 9.59 Å². The molecule has 0 saturated carbocycles. The molecule has 0 aliphatic rings. The quantitative estimate of drug-likeness (QED) is 0.552. The highest BCUT2D eigenvalue weighted by molar-refractivity contribution is 6.06. The van der Waals surface area contributed by atoms with Gasteiger partial charge in [-0.2, -0.15) is 5.10 Å². The highest BCUT2D eigenvalue weighted by Gasteiger charge is 2.15. The summed E-state index contributed by atoms with van der Waals surface area (Å²) in [4.78, 5) is 31.6. The van der Waals surface area contributed by atoms with Gasteiger partial charge in [0.25, 0.3) is 5.91 Å². The number of nitrogens with one attached hydrogen (secondary N) is 2. The van der Waals surface area contributed by atoms with E-state index in [1.54, 1.807) is 54.3 Å². The molecule has 0 aliphatic carbocycles. The van der Waals surface area contributed by atoms with E-state index in [2.05, 4.69) is 20.4 Å². The number of rotatable bonds is 4. The molecule has 26 heavy (non-hydrogen) atoms. The first-order chi connectivity index (χ1) is 12.7. The van der Waals surface area contributed by atoms with Gasteiger partial charge in [-0.05, 0) is 37.3 Å². The third-order valence-corrected chi connectivity index (χ3v) is 3.96. The van der Waals surface area contributed by atoms with Crippen molar-refractivity contribution in [3.05, 3.63) is 60.2 Å². The highest BCUT2D eigenvalue weighted by atomic mass is 16.5. The number of benzene rings is 1. The smallest absolute Gasteiger partial charge is 0.341 e. The molecule has 0 unspecified atom stereocenters. The fourth-order valence-electron chi connectivity index (χ4n) is 2.70. The van der Waals surface area contributed by atoms with Gasteiger partial charge in [0.15, 0.2) is 0 Å². The van der Waals surface area contributed by atoms with Crippen LogP contribution in [0.3, 0.4) is 0 Å². The minimum atomic E-state index is -0.448. The lowest BCUT2D eigenvalue weighted by Gasteiger charge is -2.07. The van der Waals surface area contributed by atoms with Gasteiger partial charge in [-0.3, -0.25) is 4.79 Å². The molecule has 1 amide bonds. The van der Waals surface area contributed by atoms with Crippen molar-refractivity contribution in [2.45, 2.75) is 6.92 Å². The molecule has 3 aromatic heterocycles. The molecular weight excluding hydrogens is 334 g/mol. The van der Waals surface area contributed by atoms with Crippen molar-refractivity contribution >= 4 is 34.1 Å². The third kappa shape index (κ3) is 2.77. The summed E-state index contributed by atoms with van der Waals surface area (Å²) < 4.78 is 6.58. The lowest BCUT2D eigenvalue weighted by atomic mass is 10.2. The van der Waals surface area contributed by atoms with Crippen LogP contribution in [0.1, 0.15) is 27.6 Å². The van der Waals surface area contributed by atoms with Gasteiger partial charge in [0.1, 0.15) is 5.56 Å². The number of aromatic nitrogens is 4. The SMILES string of the molecule is CCOC(=O)c1cnn2ccc(NC(=O)c3ccc4nc[nH]c4c3)cc12. The summed E-state index contributed by atoms with van der Waals surface area (Å²) in [6, 6.07) is 8.62. The number of H-pyrrole nitrogens is 1. The van der Waals surface area contributed by atoms with Crippen molar-refractivity contribution in [3.8, 4) is 0 Å². The Morgan fingerprint density at radius 2 is 2.15 bits per heavy atom. The van der Waals surface area contributed by atoms with Crippen LogP contribution in [0, 0.1) is 0 Å². The molecule has 8 heteroatoms. The van der Waals surface area contributed by atoms with E-state index in [0.717, 1.165) is 11.0 Å². The number of hydrogen-bond acceptors (Lipinski definition) is 5. The first kappa shape index (κ1) is 15.8. The van der Waals surface area contributed by atoms with Crippen LogP contribution in [-0.4, -0.2) is 38.1 Å². The number of carbonyl (C=O) groups excluding carboxylic acids is 2. The van der Waals surface area contributed by atoms with Crippen LogP contribution in [0.4, 0.5) is 5.69 Å². The summed E-state index contributed by atoms with van der Waals surface area (Å²) in [5.74, 6) is -0.710. The number of hydrogen-bond donors (Lipinski definition) is 2. The highest BCUT2D eigenvalue weighted by Crippen LogP contribution is 2.19. The summed E-state index contributed by atoms with van der Waals surface area (Å²) in [7, 11) is 0. The van der Waals surface area contributed by atoms with Crippen molar-refractivity contribution < 1.29 is 14.3 Å². The van der Waals surface area contributed by atoms with Crippen LogP contribution in [0.25, 0.3) is 16.6 Å². The summed E-state index contributed by atoms with van der Waals surface area (Å²) in [5, 5.41) is 6.95. The number of imidazole rings is 1. The van der Waals surface area contributed by atoms with E-state index in [1.165, 1.54) is 6.20 Å². The number of nitrogens with zero attached hydrogens (tertiary/aromatic N) is 3. The van der Waals surface area contributed by atoms with Gasteiger partial charge in [0.2, 0.25) is 0 Å². The van der Waals surface area contributed by atoms with Crippen LogP contribution in [0.2, 0.25) is 0 Å². The predicted molar refractivity (Wildman–Crippen MR) is 95.2 cm³/mol. The number of pyridine rings is 1. The molecular formula is C18H15N5O3. The first-order valence-corrected chi connectivity index (χ1v) is 8.04. The zero-order chi connectivity index (χ0) is 18.1. The maximum absolute atomic E-state index is 12.5. The molecule has 0 aliphatic heterocycles. The second-order valence-corrected chi connectivity index (χ2v) is 5.61. The molecule has 130 valence electrons. The van der Waals surface area contributed by atoms with Crippen molar-refractivity contribution in [1.29, 1.82) is 0 Å². The van der Waals surface area contributed by atoms with Crippen molar-refractivity contribution in [3.63, 3.8) is 0 Å². The van der Waals surface area contributed by atoms with Gasteiger partial charge in [0.05, 0.1) is 35.7 Å². The summed E-state index contributed by atoms with van der Waals surface area (Å²) in [6.07, 6.45) is 4.70. The number of anilines is 1. The van der Waals surface area contributed by atoms with Gasteiger partial charge in [-0.25, -0.2) is 14.3 Å². The Hall–Kier alpha value is -3.68. The van der Waals surface area contributed by atoms with Gasteiger partial charge >= 0.3 is 5.97 Å². The van der Waals surface area contributed by atoms with Crippen LogP contribution in [-0.2, 0) is 4.74 Å². The average molecular weight is 349 g/mol. The van der Waals surface area contributed by atoms with E-state index < -0.39 is 5.97 Å². The Labute approximate surface area is 147 Å². The minimum absolute atomic E-state index is 0.261. The summed E-state index contributed by atoms with van der Waals surface area (Å²) in [6.45, 7) is 2.02. The van der Waals surface area contributed by atoms with Crippen molar-refractivity contribution in [1.82, 2.24) is 19.6 Å². The van der Waals surface area contributed by atoms with Crippen LogP contribution >= 0.6 is 0 Å². The summed E-state index contributed by atoms with van der Waals surface area (Å²) in [5.41, 5.74) is 3.54. The lowest BCUT2D eigenvalue weighted by molar-refractivity contribution is 0.0528. The second-order valence-electron chi connectivity index (χ2n) is 5.61. The Bertz CT molecular complexity index is 1130. The van der Waals surface area contributed by atoms with Crippen LogP contribution in [0.5, 0.6) is 0 Å². The molecule has 0 fully saturated rings. The fraction of sp³-hybridized carbons (Fsp3) is 0.111. The van der Waals surface area contributed by atoms with Gasteiger partial charge in [0, 0.05) is 17.4 Å². The molecule has 4 aromatic rings. The van der Waals surface area contributed by atoms with Crippen LogP contribution in [0.15, 0.2) is 49.1 Å². The topological polar surface area (TPSA) is 101 Å². The monoisotopic (exact) mass is 349 g/mol. The van der Waals surface area contributed by atoms with Crippen molar-refractivity contribution in [2.75, 3.05) is 11.9 Å². The van der Waals surface area contributed by atoms with E-state index >= 15 is 0 Å². The van der Waals surface area contributed by atoms with E-state index in [-0.39, 0.29) is 12.5 Å². The molecule has 0 atom stereocenters. The van der Waals surface area contributed by atoms with E-state index in [1.807, 2.05) is 0 Å². The lowest BCUT2D eigenvalue weighted by Crippen LogP contribution is -2.12. The van der Waals surface area contributed by atoms with Gasteiger partial charge < -0.3 is 15.0 Å².